The maximum absolute atomic E-state index is 12.9. The van der Waals surface area contributed by atoms with Gasteiger partial charge in [0.25, 0.3) is 0 Å². The van der Waals surface area contributed by atoms with Crippen LogP contribution >= 0.6 is 0 Å². The van der Waals surface area contributed by atoms with E-state index in [1.807, 2.05) is 19.1 Å². The quantitative estimate of drug-likeness (QED) is 0.654. The smallest absolute Gasteiger partial charge is 0.354 e. The highest BCUT2D eigenvalue weighted by molar-refractivity contribution is 6.09. The standard InChI is InChI=1S/C25H30F3N7/c1-17-4-11-23(35-14-12-34(3)13-15-35)31-24(30-22-16-18(2)32-33-22)29-21(17)10-7-19-5-8-20(9-6-19)25(26,27)28/h5-11,16-17H,4,12-15H2,1-3H3,(H2,30,31,32,33)/b10-7+,23-11-,29-21-. The van der Waals surface area contributed by atoms with Crippen LogP contribution < -0.4 is 5.32 Å². The topological polar surface area (TPSA) is 71.9 Å². The molecule has 1 saturated heterocycles. The van der Waals surface area contributed by atoms with E-state index in [-0.39, 0.29) is 5.92 Å². The number of nitrogens with zero attached hydrogens (tertiary/aromatic N) is 5. The lowest BCUT2D eigenvalue weighted by Gasteiger charge is -2.34. The van der Waals surface area contributed by atoms with Crippen LogP contribution in [0.2, 0.25) is 0 Å². The van der Waals surface area contributed by atoms with Crippen LogP contribution in [0.15, 0.2) is 58.3 Å². The number of nitrogens with one attached hydrogen (secondary N) is 2. The molecule has 1 atom stereocenters. The number of rotatable bonds is 4. The summed E-state index contributed by atoms with van der Waals surface area (Å²) in [4.78, 5) is 14.2. The number of hydrogen-bond donors (Lipinski definition) is 2. The molecule has 0 amide bonds. The molecule has 0 radical (unpaired) electrons. The largest absolute Gasteiger partial charge is 0.416 e. The summed E-state index contributed by atoms with van der Waals surface area (Å²) >= 11 is 0. The highest BCUT2D eigenvalue weighted by Crippen LogP contribution is 2.29. The number of benzene rings is 1. The van der Waals surface area contributed by atoms with Crippen LogP contribution in [0.3, 0.4) is 0 Å². The fraction of sp³-hybridized carbons (Fsp3) is 0.400. The number of aryl methyl sites for hydroxylation is 1. The van der Waals surface area contributed by atoms with Crippen molar-refractivity contribution in [2.75, 3.05) is 38.5 Å². The van der Waals surface area contributed by atoms with Crippen LogP contribution in [-0.2, 0) is 6.18 Å². The minimum Gasteiger partial charge on any atom is -0.354 e. The Labute approximate surface area is 203 Å². The number of likely N-dealkylation sites (N-methyl/N-ethyl adjacent to an activating group) is 1. The first-order valence-electron chi connectivity index (χ1n) is 11.6. The predicted molar refractivity (Wildman–Crippen MR) is 133 cm³/mol. The van der Waals surface area contributed by atoms with Crippen LogP contribution in [0.5, 0.6) is 0 Å². The third kappa shape index (κ3) is 6.60. The Morgan fingerprint density at radius 2 is 1.77 bits per heavy atom. The fourth-order valence-electron chi connectivity index (χ4n) is 3.87. The van der Waals surface area contributed by atoms with Crippen LogP contribution in [0.25, 0.3) is 6.08 Å². The van der Waals surface area contributed by atoms with Crippen LogP contribution in [0.1, 0.15) is 30.2 Å². The maximum atomic E-state index is 12.9. The van der Waals surface area contributed by atoms with Crippen molar-refractivity contribution < 1.29 is 13.2 Å². The van der Waals surface area contributed by atoms with Gasteiger partial charge in [-0.15, -0.1) is 0 Å². The van der Waals surface area contributed by atoms with Crippen molar-refractivity contribution in [1.29, 1.82) is 0 Å². The first-order valence-corrected chi connectivity index (χ1v) is 11.6. The van der Waals surface area contributed by atoms with Gasteiger partial charge >= 0.3 is 6.18 Å². The lowest BCUT2D eigenvalue weighted by Crippen LogP contribution is -2.43. The summed E-state index contributed by atoms with van der Waals surface area (Å²) < 4.78 is 38.6. The second-order valence-corrected chi connectivity index (χ2v) is 8.98. The molecule has 1 aromatic carbocycles. The van der Waals surface area contributed by atoms with Crippen molar-refractivity contribution >= 4 is 23.6 Å². The molecule has 7 nitrogen and oxygen atoms in total. The first-order chi connectivity index (χ1) is 16.7. The second-order valence-electron chi connectivity index (χ2n) is 8.98. The van der Waals surface area contributed by atoms with Crippen molar-refractivity contribution in [3.63, 3.8) is 0 Å². The van der Waals surface area contributed by atoms with Crippen LogP contribution in [0.4, 0.5) is 19.0 Å². The van der Waals surface area contributed by atoms with E-state index in [0.717, 1.165) is 62.0 Å². The first kappa shape index (κ1) is 24.7. The number of halogens is 3. The van der Waals surface area contributed by atoms with Crippen LogP contribution in [-0.4, -0.2) is 64.9 Å². The molecule has 2 aliphatic heterocycles. The Hall–Kier alpha value is -3.40. The molecule has 0 aliphatic carbocycles. The summed E-state index contributed by atoms with van der Waals surface area (Å²) in [7, 11) is 2.11. The summed E-state index contributed by atoms with van der Waals surface area (Å²) in [5, 5.41) is 10.4. The van der Waals surface area contributed by atoms with Gasteiger partial charge in [0.2, 0.25) is 5.96 Å². The van der Waals surface area contributed by atoms with Gasteiger partial charge in [0.05, 0.1) is 5.56 Å². The molecule has 35 heavy (non-hydrogen) atoms. The van der Waals surface area contributed by atoms with E-state index < -0.39 is 11.7 Å². The van der Waals surface area contributed by atoms with Gasteiger partial charge in [0.15, 0.2) is 5.82 Å². The monoisotopic (exact) mass is 485 g/mol. The van der Waals surface area contributed by atoms with Gasteiger partial charge in [0.1, 0.15) is 5.82 Å². The highest BCUT2D eigenvalue weighted by Gasteiger charge is 2.29. The number of H-pyrrole nitrogens is 1. The van der Waals surface area contributed by atoms with E-state index in [1.54, 1.807) is 6.08 Å². The average Bonchev–Trinajstić information content (AvgIpc) is 3.22. The zero-order valence-corrected chi connectivity index (χ0v) is 20.1. The van der Waals surface area contributed by atoms with E-state index >= 15 is 0 Å². The molecule has 1 fully saturated rings. The molecular weight excluding hydrogens is 455 g/mol. The lowest BCUT2D eigenvalue weighted by atomic mass is 9.99. The van der Waals surface area contributed by atoms with Crippen molar-refractivity contribution in [3.05, 3.63) is 65.1 Å². The number of aliphatic imine (C=N–C) groups is 2. The van der Waals surface area contributed by atoms with E-state index in [0.29, 0.717) is 17.3 Å². The number of anilines is 1. The van der Waals surface area contributed by atoms with E-state index in [4.69, 9.17) is 9.98 Å². The minimum atomic E-state index is -4.35. The lowest BCUT2D eigenvalue weighted by molar-refractivity contribution is -0.137. The highest BCUT2D eigenvalue weighted by atomic mass is 19.4. The van der Waals surface area contributed by atoms with Gasteiger partial charge in [-0.2, -0.15) is 23.3 Å². The predicted octanol–water partition coefficient (Wildman–Crippen LogP) is 4.79. The van der Waals surface area contributed by atoms with E-state index in [1.165, 1.54) is 12.1 Å². The van der Waals surface area contributed by atoms with Gasteiger partial charge in [0, 0.05) is 49.6 Å². The summed E-state index contributed by atoms with van der Waals surface area (Å²) in [6.07, 6.45) is 2.15. The molecule has 0 bridgehead atoms. The summed E-state index contributed by atoms with van der Waals surface area (Å²) in [5.41, 5.74) is 1.68. The molecule has 2 N–H and O–H groups in total. The Morgan fingerprint density at radius 1 is 1.06 bits per heavy atom. The van der Waals surface area contributed by atoms with E-state index in [2.05, 4.69) is 45.4 Å². The Morgan fingerprint density at radius 3 is 2.40 bits per heavy atom. The third-order valence-electron chi connectivity index (χ3n) is 6.07. The molecule has 2 aromatic rings. The molecule has 1 aromatic heterocycles. The van der Waals surface area contributed by atoms with Gasteiger partial charge < -0.3 is 15.1 Å². The van der Waals surface area contributed by atoms with Crippen LogP contribution in [0, 0.1) is 12.8 Å². The zero-order valence-electron chi connectivity index (χ0n) is 20.1. The number of allylic oxidation sites excluding steroid dienone is 2. The number of hydrogen-bond acceptors (Lipinski definition) is 6. The molecule has 0 spiro atoms. The van der Waals surface area contributed by atoms with Crippen molar-refractivity contribution in [3.8, 4) is 0 Å². The molecule has 3 heterocycles. The molecule has 0 saturated carbocycles. The normalized spacial score (nSPS) is 24.7. The number of aromatic nitrogens is 2. The molecule has 10 heteroatoms. The number of guanidine groups is 1. The van der Waals surface area contributed by atoms with Gasteiger partial charge in [-0.05, 0) is 50.2 Å². The van der Waals surface area contributed by atoms with Crippen molar-refractivity contribution in [2.45, 2.75) is 26.4 Å². The summed E-state index contributed by atoms with van der Waals surface area (Å²) in [6.45, 7) is 7.70. The number of piperazine rings is 1. The summed E-state index contributed by atoms with van der Waals surface area (Å²) in [6, 6.07) is 6.96. The SMILES string of the molecule is Cc1cc(NC2=N/C(N3CCN(C)CC3)=C/CC(C)C(/C=C/c3ccc(C(F)(F)F)cc3)=N\2)n[nH]1. The van der Waals surface area contributed by atoms with Crippen molar-refractivity contribution in [1.82, 2.24) is 20.0 Å². The Bertz CT molecular complexity index is 1130. The second kappa shape index (κ2) is 10.5. The van der Waals surface area contributed by atoms with Gasteiger partial charge in [-0.25, -0.2) is 4.99 Å². The Balaban J connectivity index is 1.61. The number of alkyl halides is 3. The van der Waals surface area contributed by atoms with Gasteiger partial charge in [-0.3, -0.25) is 5.10 Å². The average molecular weight is 486 g/mol. The molecule has 4 rings (SSSR count). The zero-order chi connectivity index (χ0) is 25.0. The maximum Gasteiger partial charge on any atom is 0.416 e. The van der Waals surface area contributed by atoms with Crippen molar-refractivity contribution in [2.24, 2.45) is 15.9 Å². The number of aromatic amines is 1. The molecular formula is C25H30F3N7. The molecule has 2 aliphatic rings. The minimum absolute atomic E-state index is 0.0800. The Kier molecular flexibility index (Phi) is 7.39. The third-order valence-corrected chi connectivity index (χ3v) is 6.07. The van der Waals surface area contributed by atoms with Gasteiger partial charge in [-0.1, -0.05) is 25.1 Å². The molecule has 1 unspecified atom stereocenters. The molecule has 186 valence electrons. The summed E-state index contributed by atoms with van der Waals surface area (Å²) in [5.74, 6) is 1.99. The van der Waals surface area contributed by atoms with E-state index in [9.17, 15) is 13.2 Å². The fourth-order valence-corrected chi connectivity index (χ4v) is 3.87.